The second-order valence-electron chi connectivity index (χ2n) is 5.42. The van der Waals surface area contributed by atoms with Gasteiger partial charge in [0, 0.05) is 0 Å². The van der Waals surface area contributed by atoms with Gasteiger partial charge in [-0.2, -0.15) is 0 Å². The lowest BCUT2D eigenvalue weighted by Crippen LogP contribution is -1.88. The normalized spacial score (nSPS) is 9.70. The molecule has 0 aromatic heterocycles. The van der Waals surface area contributed by atoms with E-state index in [1.165, 1.54) is 0 Å². The van der Waals surface area contributed by atoms with Crippen LogP contribution in [0.1, 0.15) is 16.7 Å². The number of hydrogen-bond donors (Lipinski definition) is 1. The third-order valence-corrected chi connectivity index (χ3v) is 3.52. The van der Waals surface area contributed by atoms with Gasteiger partial charge in [0.05, 0.1) is 0 Å². The van der Waals surface area contributed by atoms with Crippen LogP contribution >= 0.6 is 0 Å². The van der Waals surface area contributed by atoms with E-state index in [9.17, 15) is 0 Å². The molecule has 0 amide bonds. The molecule has 3 rings (SSSR count). The van der Waals surface area contributed by atoms with Crippen LogP contribution in [0.3, 0.4) is 0 Å². The van der Waals surface area contributed by atoms with Gasteiger partial charge in [0.25, 0.3) is 0 Å². The number of aryl methyl sites for hydroxylation is 3. The van der Waals surface area contributed by atoms with Gasteiger partial charge in [-0.3, -0.25) is 0 Å². The van der Waals surface area contributed by atoms with Crippen molar-refractivity contribution in [2.24, 2.45) is 0 Å². The molecule has 0 unspecified atom stereocenters. The summed E-state index contributed by atoms with van der Waals surface area (Å²) in [6.45, 7) is 5.97. The minimum absolute atomic E-state index is 0.368. The van der Waals surface area contributed by atoms with Gasteiger partial charge in [0.15, 0.2) is 0 Å². The highest BCUT2D eigenvalue weighted by Gasteiger charge is 2.01. The first-order valence-corrected chi connectivity index (χ1v) is 7.61. The van der Waals surface area contributed by atoms with Crippen molar-refractivity contribution in [2.45, 2.75) is 20.8 Å². The number of aromatic hydroxyl groups is 1. The summed E-state index contributed by atoms with van der Waals surface area (Å²) in [7, 11) is 0. The Morgan fingerprint density at radius 1 is 0.565 bits per heavy atom. The molecule has 2 heteroatoms. The van der Waals surface area contributed by atoms with E-state index < -0.39 is 0 Å². The standard InChI is InChI=1S/C14H14O.C7H8O/c1-11-7-3-5-9-13(11)15-14-10-6-4-8-12(14)2;1-6-4-2-3-5-7(6)8/h3-10H,1-2H3;2-5,8H,1H3. The van der Waals surface area contributed by atoms with E-state index in [1.54, 1.807) is 6.07 Å². The molecule has 0 heterocycles. The predicted molar refractivity (Wildman–Crippen MR) is 95.3 cm³/mol. The number of rotatable bonds is 2. The quantitative estimate of drug-likeness (QED) is 0.648. The zero-order valence-electron chi connectivity index (χ0n) is 13.8. The van der Waals surface area contributed by atoms with Crippen LogP contribution in [-0.2, 0) is 0 Å². The van der Waals surface area contributed by atoms with Crippen LogP contribution in [0.4, 0.5) is 0 Å². The molecule has 0 saturated carbocycles. The number of phenolic OH excluding ortho intramolecular Hbond substituents is 1. The molecule has 0 radical (unpaired) electrons. The Labute approximate surface area is 138 Å². The minimum atomic E-state index is 0.368. The molecule has 0 atom stereocenters. The number of phenols is 1. The van der Waals surface area contributed by atoms with Crippen LogP contribution in [0, 0.1) is 20.8 Å². The van der Waals surface area contributed by atoms with E-state index in [4.69, 9.17) is 9.84 Å². The smallest absolute Gasteiger partial charge is 0.130 e. The fraction of sp³-hybridized carbons (Fsp3) is 0.143. The van der Waals surface area contributed by atoms with Crippen LogP contribution in [-0.4, -0.2) is 5.11 Å². The maximum Gasteiger partial charge on any atom is 0.130 e. The first-order valence-electron chi connectivity index (χ1n) is 7.61. The molecule has 0 saturated heterocycles. The zero-order chi connectivity index (χ0) is 16.7. The van der Waals surface area contributed by atoms with Crippen LogP contribution in [0.2, 0.25) is 0 Å². The highest BCUT2D eigenvalue weighted by atomic mass is 16.5. The van der Waals surface area contributed by atoms with E-state index >= 15 is 0 Å². The van der Waals surface area contributed by atoms with Gasteiger partial charge in [-0.1, -0.05) is 54.6 Å². The van der Waals surface area contributed by atoms with Crippen molar-refractivity contribution in [3.63, 3.8) is 0 Å². The SMILES string of the molecule is Cc1ccccc1O.Cc1ccccc1Oc1ccccc1C. The van der Waals surface area contributed by atoms with Gasteiger partial charge in [0.2, 0.25) is 0 Å². The van der Waals surface area contributed by atoms with Gasteiger partial charge in [-0.05, 0) is 55.7 Å². The van der Waals surface area contributed by atoms with Crippen molar-refractivity contribution in [2.75, 3.05) is 0 Å². The first-order chi connectivity index (χ1) is 11.1. The molecule has 0 aliphatic rings. The van der Waals surface area contributed by atoms with Crippen LogP contribution in [0.5, 0.6) is 17.2 Å². The number of benzene rings is 3. The minimum Gasteiger partial charge on any atom is -0.508 e. The molecule has 3 aromatic rings. The monoisotopic (exact) mass is 306 g/mol. The van der Waals surface area contributed by atoms with Crippen molar-refractivity contribution in [1.29, 1.82) is 0 Å². The van der Waals surface area contributed by atoms with E-state index in [-0.39, 0.29) is 0 Å². The van der Waals surface area contributed by atoms with Gasteiger partial charge in [-0.25, -0.2) is 0 Å². The van der Waals surface area contributed by atoms with Crippen molar-refractivity contribution in [3.8, 4) is 17.2 Å². The molecule has 0 aliphatic heterocycles. The molecule has 0 fully saturated rings. The Morgan fingerprint density at radius 2 is 0.957 bits per heavy atom. The molecule has 1 N–H and O–H groups in total. The van der Waals surface area contributed by atoms with E-state index in [0.717, 1.165) is 28.2 Å². The largest absolute Gasteiger partial charge is 0.508 e. The second-order valence-corrected chi connectivity index (χ2v) is 5.42. The average molecular weight is 306 g/mol. The summed E-state index contributed by atoms with van der Waals surface area (Å²) >= 11 is 0. The zero-order valence-corrected chi connectivity index (χ0v) is 13.8. The summed E-state index contributed by atoms with van der Waals surface area (Å²) in [4.78, 5) is 0. The summed E-state index contributed by atoms with van der Waals surface area (Å²) in [5.74, 6) is 2.21. The molecular formula is C21H22O2. The molecule has 0 bridgehead atoms. The fourth-order valence-corrected chi connectivity index (χ4v) is 2.02. The van der Waals surface area contributed by atoms with Gasteiger partial charge in [0.1, 0.15) is 17.2 Å². The van der Waals surface area contributed by atoms with Crippen molar-refractivity contribution in [1.82, 2.24) is 0 Å². The summed E-state index contributed by atoms with van der Waals surface area (Å²) in [5, 5.41) is 8.92. The van der Waals surface area contributed by atoms with E-state index in [2.05, 4.69) is 0 Å². The topological polar surface area (TPSA) is 29.5 Å². The molecule has 0 spiro atoms. The average Bonchev–Trinajstić information content (AvgIpc) is 2.55. The number of hydrogen-bond acceptors (Lipinski definition) is 2. The van der Waals surface area contributed by atoms with Crippen LogP contribution < -0.4 is 4.74 Å². The summed E-state index contributed by atoms with van der Waals surface area (Å²) in [5.41, 5.74) is 3.23. The number of ether oxygens (including phenoxy) is 1. The summed E-state index contributed by atoms with van der Waals surface area (Å²) < 4.78 is 5.84. The van der Waals surface area contributed by atoms with Crippen LogP contribution in [0.25, 0.3) is 0 Å². The Balaban J connectivity index is 0.000000203. The van der Waals surface area contributed by atoms with Gasteiger partial charge >= 0.3 is 0 Å². The fourth-order valence-electron chi connectivity index (χ4n) is 2.02. The molecule has 23 heavy (non-hydrogen) atoms. The molecular weight excluding hydrogens is 284 g/mol. The lowest BCUT2D eigenvalue weighted by Gasteiger charge is -2.10. The van der Waals surface area contributed by atoms with Crippen molar-refractivity contribution in [3.05, 3.63) is 89.5 Å². The van der Waals surface area contributed by atoms with E-state index in [1.807, 2.05) is 87.5 Å². The Hall–Kier alpha value is -2.74. The lowest BCUT2D eigenvalue weighted by atomic mass is 10.2. The molecule has 3 aromatic carbocycles. The van der Waals surface area contributed by atoms with Crippen molar-refractivity contribution >= 4 is 0 Å². The Bertz CT molecular complexity index is 699. The Kier molecular flexibility index (Phi) is 5.81. The van der Waals surface area contributed by atoms with Gasteiger partial charge in [-0.15, -0.1) is 0 Å². The first kappa shape index (κ1) is 16.6. The highest BCUT2D eigenvalue weighted by molar-refractivity contribution is 5.40. The maximum atomic E-state index is 8.92. The third-order valence-electron chi connectivity index (χ3n) is 3.52. The van der Waals surface area contributed by atoms with Crippen molar-refractivity contribution < 1.29 is 9.84 Å². The van der Waals surface area contributed by atoms with Crippen LogP contribution in [0.15, 0.2) is 72.8 Å². The summed E-state index contributed by atoms with van der Waals surface area (Å²) in [6, 6.07) is 23.3. The lowest BCUT2D eigenvalue weighted by molar-refractivity contribution is 0.471. The summed E-state index contributed by atoms with van der Waals surface area (Å²) in [6.07, 6.45) is 0. The third kappa shape index (κ3) is 4.89. The number of para-hydroxylation sites is 3. The second kappa shape index (κ2) is 8.04. The molecule has 2 nitrogen and oxygen atoms in total. The molecule has 0 aliphatic carbocycles. The predicted octanol–water partition coefficient (Wildman–Crippen LogP) is 5.80. The maximum absolute atomic E-state index is 8.92. The Morgan fingerprint density at radius 3 is 1.30 bits per heavy atom. The highest BCUT2D eigenvalue weighted by Crippen LogP contribution is 2.26. The molecule has 118 valence electrons. The van der Waals surface area contributed by atoms with Gasteiger partial charge < -0.3 is 9.84 Å². The van der Waals surface area contributed by atoms with E-state index in [0.29, 0.717) is 5.75 Å².